The Kier molecular flexibility index (Phi) is 4.26. The van der Waals surface area contributed by atoms with Gasteiger partial charge in [0.2, 0.25) is 0 Å². The second-order valence-corrected chi connectivity index (χ2v) is 8.96. The smallest absolute Gasteiger partial charge is 0.346 e. The van der Waals surface area contributed by atoms with Gasteiger partial charge in [-0.2, -0.15) is 0 Å². The summed E-state index contributed by atoms with van der Waals surface area (Å²) in [7, 11) is 0. The quantitative estimate of drug-likeness (QED) is 0.283. The van der Waals surface area contributed by atoms with E-state index in [1.54, 1.807) is 17.5 Å². The molecular formula is C25H14N2O2S2. The van der Waals surface area contributed by atoms with Crippen LogP contribution in [0.1, 0.15) is 0 Å². The molecular weight excluding hydrogens is 424 g/mol. The molecule has 6 aromatic rings. The van der Waals surface area contributed by atoms with E-state index in [4.69, 9.17) is 9.40 Å². The number of fused-ring (bicyclic) bond motifs is 2. The molecule has 0 unspecified atom stereocenters. The minimum absolute atomic E-state index is 0.376. The van der Waals surface area contributed by atoms with E-state index < -0.39 is 0 Å². The molecule has 6 heteroatoms. The van der Waals surface area contributed by atoms with Gasteiger partial charge in [-0.25, -0.2) is 14.8 Å². The monoisotopic (exact) mass is 438 g/mol. The summed E-state index contributed by atoms with van der Waals surface area (Å²) >= 11 is 3.10. The number of benzene rings is 3. The lowest BCUT2D eigenvalue weighted by Gasteiger charge is -2.11. The fourth-order valence-electron chi connectivity index (χ4n) is 3.77. The van der Waals surface area contributed by atoms with Crippen LogP contribution in [0.5, 0.6) is 0 Å². The van der Waals surface area contributed by atoms with E-state index >= 15 is 0 Å². The van der Waals surface area contributed by atoms with Crippen LogP contribution in [-0.4, -0.2) is 9.97 Å². The predicted molar refractivity (Wildman–Crippen MR) is 128 cm³/mol. The van der Waals surface area contributed by atoms with Gasteiger partial charge in [-0.15, -0.1) is 22.7 Å². The SMILES string of the molecule is O=c1oc2cccc(-c3ccccc3-c3nc4ccccc4s3)c2cc1-c1nccs1. The molecule has 6 rings (SSSR count). The normalized spacial score (nSPS) is 11.4. The average Bonchev–Trinajstić information content (AvgIpc) is 3.48. The molecule has 3 heterocycles. The zero-order valence-electron chi connectivity index (χ0n) is 16.1. The number of hydrogen-bond acceptors (Lipinski definition) is 6. The predicted octanol–water partition coefficient (Wildman–Crippen LogP) is 6.86. The van der Waals surface area contributed by atoms with Crippen molar-refractivity contribution in [2.45, 2.75) is 0 Å². The van der Waals surface area contributed by atoms with E-state index in [9.17, 15) is 4.79 Å². The third kappa shape index (κ3) is 3.08. The lowest BCUT2D eigenvalue weighted by atomic mass is 9.96. The van der Waals surface area contributed by atoms with Gasteiger partial charge in [0.05, 0.1) is 15.8 Å². The van der Waals surface area contributed by atoms with Gasteiger partial charge in [-0.3, -0.25) is 0 Å². The number of aromatic nitrogens is 2. The molecule has 0 aliphatic carbocycles. The number of para-hydroxylation sites is 1. The topological polar surface area (TPSA) is 56.0 Å². The van der Waals surface area contributed by atoms with E-state index in [1.165, 1.54) is 11.3 Å². The lowest BCUT2D eigenvalue weighted by Crippen LogP contribution is -2.02. The first kappa shape index (κ1) is 18.2. The molecule has 0 radical (unpaired) electrons. The standard InChI is InChI=1S/C25H14N2O2S2/c28-25-19(23-26-12-13-30-23)14-18-16(8-5-10-21(18)29-25)15-6-1-2-7-17(15)24-27-20-9-3-4-11-22(20)31-24/h1-14H. The summed E-state index contributed by atoms with van der Waals surface area (Å²) in [5, 5.41) is 4.35. The van der Waals surface area contributed by atoms with Crippen molar-refractivity contribution in [3.63, 3.8) is 0 Å². The third-order valence-electron chi connectivity index (χ3n) is 5.18. The Balaban J connectivity index is 1.61. The first-order valence-corrected chi connectivity index (χ1v) is 11.4. The van der Waals surface area contributed by atoms with Gasteiger partial charge in [0.1, 0.15) is 15.6 Å². The maximum absolute atomic E-state index is 12.6. The van der Waals surface area contributed by atoms with Gasteiger partial charge in [-0.1, -0.05) is 48.5 Å². The molecule has 0 spiro atoms. The van der Waals surface area contributed by atoms with Crippen molar-refractivity contribution in [2.24, 2.45) is 0 Å². The van der Waals surface area contributed by atoms with Crippen LogP contribution in [0.2, 0.25) is 0 Å². The summed E-state index contributed by atoms with van der Waals surface area (Å²) in [6, 6.07) is 24.1. The molecule has 0 fully saturated rings. The number of hydrogen-bond donors (Lipinski definition) is 0. The number of nitrogens with zero attached hydrogens (tertiary/aromatic N) is 2. The number of thiazole rings is 2. The average molecular weight is 439 g/mol. The minimum Gasteiger partial charge on any atom is -0.422 e. The molecule has 0 aliphatic heterocycles. The summed E-state index contributed by atoms with van der Waals surface area (Å²) in [5.41, 5.74) is 4.75. The molecule has 0 N–H and O–H groups in total. The molecule has 0 atom stereocenters. The zero-order chi connectivity index (χ0) is 20.8. The Morgan fingerprint density at radius 2 is 1.58 bits per heavy atom. The van der Waals surface area contributed by atoms with Crippen LogP contribution in [0.25, 0.3) is 53.5 Å². The van der Waals surface area contributed by atoms with Crippen molar-refractivity contribution in [3.05, 3.63) is 94.8 Å². The minimum atomic E-state index is -0.376. The summed E-state index contributed by atoms with van der Waals surface area (Å²) in [4.78, 5) is 21.7. The van der Waals surface area contributed by atoms with E-state index in [-0.39, 0.29) is 5.63 Å². The molecule has 3 aromatic heterocycles. The number of rotatable bonds is 3. The fraction of sp³-hybridized carbons (Fsp3) is 0. The first-order chi connectivity index (χ1) is 15.3. The Labute approximate surface area is 185 Å². The summed E-state index contributed by atoms with van der Waals surface area (Å²) in [6.07, 6.45) is 1.69. The second kappa shape index (κ2) is 7.27. The van der Waals surface area contributed by atoms with Gasteiger partial charge in [0, 0.05) is 22.5 Å². The third-order valence-corrected chi connectivity index (χ3v) is 7.06. The van der Waals surface area contributed by atoms with E-state index in [2.05, 4.69) is 29.2 Å². The maximum Gasteiger partial charge on any atom is 0.346 e. The summed E-state index contributed by atoms with van der Waals surface area (Å²) < 4.78 is 6.83. The van der Waals surface area contributed by atoms with Gasteiger partial charge in [0.15, 0.2) is 0 Å². The van der Waals surface area contributed by atoms with Crippen molar-refractivity contribution in [2.75, 3.05) is 0 Å². The van der Waals surface area contributed by atoms with Crippen LogP contribution in [0.4, 0.5) is 0 Å². The van der Waals surface area contributed by atoms with E-state index in [1.807, 2.05) is 53.9 Å². The fourth-order valence-corrected chi connectivity index (χ4v) is 5.42. The first-order valence-electron chi connectivity index (χ1n) is 9.70. The second-order valence-electron chi connectivity index (χ2n) is 7.03. The Hall–Kier alpha value is -3.61. The van der Waals surface area contributed by atoms with Crippen molar-refractivity contribution in [1.29, 1.82) is 0 Å². The molecule has 3 aromatic carbocycles. The van der Waals surface area contributed by atoms with Gasteiger partial charge >= 0.3 is 5.63 Å². The van der Waals surface area contributed by atoms with E-state index in [0.717, 1.165) is 37.3 Å². The highest BCUT2D eigenvalue weighted by atomic mass is 32.1. The molecule has 0 aliphatic rings. The van der Waals surface area contributed by atoms with Crippen LogP contribution in [0.3, 0.4) is 0 Å². The summed E-state index contributed by atoms with van der Waals surface area (Å²) in [6.45, 7) is 0. The lowest BCUT2D eigenvalue weighted by molar-refractivity contribution is 0.563. The van der Waals surface area contributed by atoms with Crippen LogP contribution in [0, 0.1) is 0 Å². The Morgan fingerprint density at radius 3 is 2.42 bits per heavy atom. The van der Waals surface area contributed by atoms with Gasteiger partial charge < -0.3 is 4.42 Å². The largest absolute Gasteiger partial charge is 0.422 e. The summed E-state index contributed by atoms with van der Waals surface area (Å²) in [5.74, 6) is 0. The molecule has 148 valence electrons. The Morgan fingerprint density at radius 1 is 0.774 bits per heavy atom. The van der Waals surface area contributed by atoms with E-state index in [0.29, 0.717) is 16.2 Å². The molecule has 0 bridgehead atoms. The van der Waals surface area contributed by atoms with Gasteiger partial charge in [-0.05, 0) is 35.4 Å². The van der Waals surface area contributed by atoms with Crippen LogP contribution in [0.15, 0.2) is 93.6 Å². The van der Waals surface area contributed by atoms with Crippen LogP contribution < -0.4 is 5.63 Å². The molecule has 0 saturated heterocycles. The van der Waals surface area contributed by atoms with Crippen LogP contribution in [-0.2, 0) is 0 Å². The highest BCUT2D eigenvalue weighted by Crippen LogP contribution is 2.39. The molecule has 31 heavy (non-hydrogen) atoms. The Bertz CT molecular complexity index is 1580. The van der Waals surface area contributed by atoms with Crippen LogP contribution >= 0.6 is 22.7 Å². The highest BCUT2D eigenvalue weighted by molar-refractivity contribution is 7.21. The molecule has 0 amide bonds. The van der Waals surface area contributed by atoms with Crippen molar-refractivity contribution < 1.29 is 4.42 Å². The van der Waals surface area contributed by atoms with Crippen molar-refractivity contribution in [3.8, 4) is 32.3 Å². The molecule has 0 saturated carbocycles. The maximum atomic E-state index is 12.6. The molecule has 4 nitrogen and oxygen atoms in total. The van der Waals surface area contributed by atoms with Crippen molar-refractivity contribution in [1.82, 2.24) is 9.97 Å². The highest BCUT2D eigenvalue weighted by Gasteiger charge is 2.16. The van der Waals surface area contributed by atoms with Gasteiger partial charge in [0.25, 0.3) is 0 Å². The van der Waals surface area contributed by atoms with Crippen molar-refractivity contribution >= 4 is 43.9 Å². The zero-order valence-corrected chi connectivity index (χ0v) is 17.7.